The highest BCUT2D eigenvalue weighted by atomic mass is 32.2. The molecule has 0 radical (unpaired) electrons. The molecule has 2 fully saturated rings. The SMILES string of the molecule is CC(=O)NC1C(=O)N2CC(O)(C(=O)OC(C)(C)C)CS[C@H]12. The molecule has 2 saturated heterocycles. The van der Waals surface area contributed by atoms with Crippen LogP contribution in [0.3, 0.4) is 0 Å². The Morgan fingerprint density at radius 3 is 2.62 bits per heavy atom. The zero-order chi connectivity index (χ0) is 16.0. The number of ether oxygens (including phenoxy) is 1. The number of fused-ring (bicyclic) bond motifs is 1. The summed E-state index contributed by atoms with van der Waals surface area (Å²) in [4.78, 5) is 36.5. The van der Waals surface area contributed by atoms with Gasteiger partial charge in [0.05, 0.1) is 6.54 Å². The van der Waals surface area contributed by atoms with E-state index in [0.717, 1.165) is 0 Å². The van der Waals surface area contributed by atoms with Crippen LogP contribution >= 0.6 is 11.8 Å². The predicted octanol–water partition coefficient (Wildman–Crippen LogP) is -0.521. The van der Waals surface area contributed by atoms with Crippen LogP contribution in [0.1, 0.15) is 27.7 Å². The standard InChI is InChI=1S/C13H20N2O5S/c1-7(16)14-8-9(17)15-5-13(19,6-21-10(8)15)11(18)20-12(2,3)4/h8,10,19H,5-6H2,1-4H3,(H,14,16)/t8?,10-,13?/m1/s1. The van der Waals surface area contributed by atoms with E-state index < -0.39 is 23.2 Å². The first-order valence-corrected chi connectivity index (χ1v) is 7.73. The lowest BCUT2D eigenvalue weighted by Gasteiger charge is -2.52. The third kappa shape index (κ3) is 3.16. The molecule has 0 aromatic carbocycles. The Morgan fingerprint density at radius 2 is 2.10 bits per heavy atom. The highest BCUT2D eigenvalue weighted by molar-refractivity contribution is 8.00. The molecule has 0 saturated carbocycles. The fourth-order valence-electron chi connectivity index (χ4n) is 2.28. The first-order chi connectivity index (χ1) is 9.53. The van der Waals surface area contributed by atoms with E-state index in [4.69, 9.17) is 4.74 Å². The van der Waals surface area contributed by atoms with Crippen molar-refractivity contribution >= 4 is 29.5 Å². The average molecular weight is 316 g/mol. The van der Waals surface area contributed by atoms with Crippen LogP contribution in [0.15, 0.2) is 0 Å². The van der Waals surface area contributed by atoms with Crippen LogP contribution < -0.4 is 5.32 Å². The number of nitrogens with one attached hydrogen (secondary N) is 1. The Labute approximate surface area is 127 Å². The van der Waals surface area contributed by atoms with E-state index in [1.54, 1.807) is 20.8 Å². The summed E-state index contributed by atoms with van der Waals surface area (Å²) in [6.07, 6.45) is 0. The molecule has 2 rings (SSSR count). The third-order valence-corrected chi connectivity index (χ3v) is 4.72. The predicted molar refractivity (Wildman–Crippen MR) is 76.4 cm³/mol. The van der Waals surface area contributed by atoms with Gasteiger partial charge >= 0.3 is 5.97 Å². The topological polar surface area (TPSA) is 95.9 Å². The second-order valence-electron chi connectivity index (χ2n) is 6.38. The third-order valence-electron chi connectivity index (χ3n) is 3.20. The van der Waals surface area contributed by atoms with Crippen LogP contribution in [0, 0.1) is 0 Å². The Hall–Kier alpha value is -1.28. The van der Waals surface area contributed by atoms with Gasteiger partial charge in [-0.3, -0.25) is 9.59 Å². The molecule has 2 N–H and O–H groups in total. The number of nitrogens with zero attached hydrogens (tertiary/aromatic N) is 1. The number of aliphatic hydroxyl groups is 1. The summed E-state index contributed by atoms with van der Waals surface area (Å²) in [6, 6.07) is -0.573. The lowest BCUT2D eigenvalue weighted by molar-refractivity contribution is -0.181. The summed E-state index contributed by atoms with van der Waals surface area (Å²) in [5.41, 5.74) is -2.41. The summed E-state index contributed by atoms with van der Waals surface area (Å²) < 4.78 is 5.20. The van der Waals surface area contributed by atoms with E-state index in [1.807, 2.05) is 0 Å². The van der Waals surface area contributed by atoms with Crippen molar-refractivity contribution in [2.24, 2.45) is 0 Å². The molecular weight excluding hydrogens is 296 g/mol. The van der Waals surface area contributed by atoms with Crippen molar-refractivity contribution in [3.05, 3.63) is 0 Å². The quantitative estimate of drug-likeness (QED) is 0.526. The van der Waals surface area contributed by atoms with Crippen molar-refractivity contribution < 1.29 is 24.2 Å². The van der Waals surface area contributed by atoms with Gasteiger partial charge in [0.25, 0.3) is 0 Å². The minimum absolute atomic E-state index is 0.103. The first kappa shape index (κ1) is 16.1. The Bertz CT molecular complexity index is 489. The lowest BCUT2D eigenvalue weighted by Crippen LogP contribution is -2.75. The molecule has 0 spiro atoms. The number of carbonyl (C=O) groups is 3. The van der Waals surface area contributed by atoms with Crippen molar-refractivity contribution in [2.45, 2.75) is 50.3 Å². The van der Waals surface area contributed by atoms with Crippen LogP contribution in [0.4, 0.5) is 0 Å². The Kier molecular flexibility index (Phi) is 3.96. The summed E-state index contributed by atoms with van der Waals surface area (Å²) in [6.45, 7) is 6.40. The first-order valence-electron chi connectivity index (χ1n) is 6.68. The van der Waals surface area contributed by atoms with Gasteiger partial charge in [0.2, 0.25) is 11.8 Å². The molecule has 0 aromatic rings. The largest absolute Gasteiger partial charge is 0.458 e. The smallest absolute Gasteiger partial charge is 0.341 e. The highest BCUT2D eigenvalue weighted by Crippen LogP contribution is 2.39. The summed E-state index contributed by atoms with van der Waals surface area (Å²) in [5, 5.41) is 12.8. The second kappa shape index (κ2) is 5.17. The van der Waals surface area contributed by atoms with E-state index in [2.05, 4.69) is 5.32 Å². The van der Waals surface area contributed by atoms with Crippen molar-refractivity contribution in [3.8, 4) is 0 Å². The molecule has 3 atom stereocenters. The molecule has 118 valence electrons. The molecule has 2 aliphatic heterocycles. The van der Waals surface area contributed by atoms with Gasteiger partial charge < -0.3 is 20.1 Å². The van der Waals surface area contributed by atoms with E-state index in [9.17, 15) is 19.5 Å². The zero-order valence-corrected chi connectivity index (χ0v) is 13.3. The molecule has 2 unspecified atom stereocenters. The molecule has 7 nitrogen and oxygen atoms in total. The van der Waals surface area contributed by atoms with Gasteiger partial charge in [-0.1, -0.05) is 0 Å². The number of hydrogen-bond donors (Lipinski definition) is 2. The molecule has 0 bridgehead atoms. The number of carbonyl (C=O) groups excluding carboxylic acids is 3. The van der Waals surface area contributed by atoms with Crippen LogP contribution in [0.25, 0.3) is 0 Å². The number of amides is 2. The van der Waals surface area contributed by atoms with Crippen LogP contribution in [0.5, 0.6) is 0 Å². The van der Waals surface area contributed by atoms with E-state index >= 15 is 0 Å². The van der Waals surface area contributed by atoms with Crippen molar-refractivity contribution in [1.29, 1.82) is 0 Å². The minimum atomic E-state index is -1.70. The molecule has 0 aromatic heterocycles. The van der Waals surface area contributed by atoms with Gasteiger partial charge in [0.15, 0.2) is 5.60 Å². The van der Waals surface area contributed by atoms with Gasteiger partial charge in [0.1, 0.15) is 17.0 Å². The maximum atomic E-state index is 12.1. The van der Waals surface area contributed by atoms with Gasteiger partial charge in [-0.05, 0) is 20.8 Å². The van der Waals surface area contributed by atoms with Crippen molar-refractivity contribution in [1.82, 2.24) is 10.2 Å². The molecular formula is C13H20N2O5S. The normalized spacial score (nSPS) is 32.0. The molecule has 2 heterocycles. The second-order valence-corrected chi connectivity index (χ2v) is 7.48. The van der Waals surface area contributed by atoms with Gasteiger partial charge in [-0.2, -0.15) is 0 Å². The molecule has 8 heteroatoms. The fraction of sp³-hybridized carbons (Fsp3) is 0.769. The number of rotatable bonds is 2. The van der Waals surface area contributed by atoms with E-state index in [-0.39, 0.29) is 29.5 Å². The number of esters is 1. The van der Waals surface area contributed by atoms with Gasteiger partial charge in [-0.25, -0.2) is 4.79 Å². The zero-order valence-electron chi connectivity index (χ0n) is 12.5. The highest BCUT2D eigenvalue weighted by Gasteiger charge is 2.57. The fourth-order valence-corrected chi connectivity index (χ4v) is 3.67. The maximum absolute atomic E-state index is 12.1. The molecule has 2 amide bonds. The molecule has 2 aliphatic rings. The van der Waals surface area contributed by atoms with E-state index in [0.29, 0.717) is 0 Å². The summed E-state index contributed by atoms with van der Waals surface area (Å²) in [5.74, 6) is -1.16. The van der Waals surface area contributed by atoms with Gasteiger partial charge in [0, 0.05) is 12.7 Å². The van der Waals surface area contributed by atoms with Crippen LogP contribution in [-0.2, 0) is 19.1 Å². The Morgan fingerprint density at radius 1 is 1.48 bits per heavy atom. The number of thioether (sulfide) groups is 1. The van der Waals surface area contributed by atoms with E-state index in [1.165, 1.54) is 23.6 Å². The summed E-state index contributed by atoms with van der Waals surface area (Å²) in [7, 11) is 0. The molecule has 0 aliphatic carbocycles. The number of β-lactam (4-membered cyclic amide) rings is 1. The minimum Gasteiger partial charge on any atom is -0.458 e. The van der Waals surface area contributed by atoms with Crippen molar-refractivity contribution in [3.63, 3.8) is 0 Å². The number of hydrogen-bond acceptors (Lipinski definition) is 6. The monoisotopic (exact) mass is 316 g/mol. The maximum Gasteiger partial charge on any atom is 0.341 e. The summed E-state index contributed by atoms with van der Waals surface area (Å²) >= 11 is 1.27. The van der Waals surface area contributed by atoms with Crippen LogP contribution in [-0.4, -0.2) is 62.7 Å². The van der Waals surface area contributed by atoms with Gasteiger partial charge in [-0.15, -0.1) is 11.8 Å². The molecule has 21 heavy (non-hydrogen) atoms. The van der Waals surface area contributed by atoms with Crippen molar-refractivity contribution in [2.75, 3.05) is 12.3 Å². The average Bonchev–Trinajstić information content (AvgIpc) is 2.34. The Balaban J connectivity index is 2.02. The van der Waals surface area contributed by atoms with Crippen LogP contribution in [0.2, 0.25) is 0 Å². The lowest BCUT2D eigenvalue weighted by atomic mass is 9.99.